The van der Waals surface area contributed by atoms with Crippen molar-refractivity contribution in [2.24, 2.45) is 0 Å². The van der Waals surface area contributed by atoms with Gasteiger partial charge in [-0.15, -0.1) is 0 Å². The average molecular weight is 352 g/mol. The van der Waals surface area contributed by atoms with Crippen LogP contribution in [0.15, 0.2) is 35.0 Å². The first-order valence-electron chi connectivity index (χ1n) is 9.63. The standard InChI is InChI=1S/C20H24N4O2/c1-3-14(4-1)20-22-19(23-26-20)13-24-11-8-15(9-12-24)25-18-6-2-5-17-16(18)7-10-21-17/h2,5-7,10,14-15,21H,1,3-4,8-9,11-13H2. The smallest absolute Gasteiger partial charge is 0.229 e. The molecule has 6 heteroatoms. The maximum atomic E-state index is 6.29. The highest BCUT2D eigenvalue weighted by molar-refractivity contribution is 5.85. The van der Waals surface area contributed by atoms with Crippen LogP contribution >= 0.6 is 0 Å². The molecule has 5 rings (SSSR count). The van der Waals surface area contributed by atoms with Crippen molar-refractivity contribution in [1.82, 2.24) is 20.0 Å². The van der Waals surface area contributed by atoms with Gasteiger partial charge in [-0.2, -0.15) is 4.98 Å². The number of piperidine rings is 1. The molecule has 136 valence electrons. The molecule has 3 aromatic rings. The Balaban J connectivity index is 1.16. The Bertz CT molecular complexity index is 875. The number of benzene rings is 1. The van der Waals surface area contributed by atoms with E-state index in [-0.39, 0.29) is 6.10 Å². The number of nitrogens with zero attached hydrogens (tertiary/aromatic N) is 3. The van der Waals surface area contributed by atoms with Crippen LogP contribution in [0.2, 0.25) is 0 Å². The lowest BCUT2D eigenvalue weighted by Crippen LogP contribution is -2.38. The molecule has 6 nitrogen and oxygen atoms in total. The zero-order valence-corrected chi connectivity index (χ0v) is 14.9. The third-order valence-electron chi connectivity index (χ3n) is 5.69. The summed E-state index contributed by atoms with van der Waals surface area (Å²) in [5, 5.41) is 5.32. The molecule has 2 aliphatic rings. The molecule has 0 atom stereocenters. The Morgan fingerprint density at radius 2 is 2.04 bits per heavy atom. The van der Waals surface area contributed by atoms with Gasteiger partial charge in [-0.05, 0) is 43.9 Å². The number of likely N-dealkylation sites (tertiary alicyclic amines) is 1. The Hall–Kier alpha value is -2.34. The molecule has 0 amide bonds. The monoisotopic (exact) mass is 352 g/mol. The zero-order chi connectivity index (χ0) is 17.3. The van der Waals surface area contributed by atoms with Gasteiger partial charge in [0.25, 0.3) is 0 Å². The fraction of sp³-hybridized carbons (Fsp3) is 0.500. The second-order valence-corrected chi connectivity index (χ2v) is 7.47. The number of aromatic amines is 1. The van der Waals surface area contributed by atoms with Gasteiger partial charge in [-0.1, -0.05) is 17.6 Å². The molecule has 0 unspecified atom stereocenters. The van der Waals surface area contributed by atoms with Gasteiger partial charge in [-0.3, -0.25) is 4.90 Å². The van der Waals surface area contributed by atoms with Gasteiger partial charge < -0.3 is 14.2 Å². The molecule has 2 aromatic heterocycles. The van der Waals surface area contributed by atoms with Crippen molar-refractivity contribution in [2.75, 3.05) is 13.1 Å². The van der Waals surface area contributed by atoms with Crippen molar-refractivity contribution < 1.29 is 9.26 Å². The highest BCUT2D eigenvalue weighted by Crippen LogP contribution is 2.35. The number of hydrogen-bond acceptors (Lipinski definition) is 5. The van der Waals surface area contributed by atoms with E-state index in [4.69, 9.17) is 9.26 Å². The predicted molar refractivity (Wildman–Crippen MR) is 98.1 cm³/mol. The molecule has 1 aliphatic carbocycles. The Labute approximate surface area is 152 Å². The number of fused-ring (bicyclic) bond motifs is 1. The highest BCUT2D eigenvalue weighted by Gasteiger charge is 2.27. The molecule has 1 saturated carbocycles. The fourth-order valence-electron chi connectivity index (χ4n) is 3.88. The molecule has 0 radical (unpaired) electrons. The van der Waals surface area contributed by atoms with E-state index in [9.17, 15) is 0 Å². The van der Waals surface area contributed by atoms with Crippen molar-refractivity contribution in [2.45, 2.75) is 50.7 Å². The van der Waals surface area contributed by atoms with Crippen LogP contribution in [0.5, 0.6) is 5.75 Å². The number of hydrogen-bond donors (Lipinski definition) is 1. The Kier molecular flexibility index (Phi) is 4.13. The lowest BCUT2D eigenvalue weighted by molar-refractivity contribution is 0.0960. The molecule has 1 saturated heterocycles. The molecule has 0 spiro atoms. The first-order valence-corrected chi connectivity index (χ1v) is 9.63. The van der Waals surface area contributed by atoms with Crippen LogP contribution < -0.4 is 4.74 Å². The van der Waals surface area contributed by atoms with Gasteiger partial charge in [0.1, 0.15) is 11.9 Å². The largest absolute Gasteiger partial charge is 0.490 e. The molecular formula is C20H24N4O2. The van der Waals surface area contributed by atoms with Crippen LogP contribution in [0.3, 0.4) is 0 Å². The number of rotatable bonds is 5. The highest BCUT2D eigenvalue weighted by atomic mass is 16.5. The summed E-state index contributed by atoms with van der Waals surface area (Å²) in [6, 6.07) is 8.26. The molecule has 1 N–H and O–H groups in total. The van der Waals surface area contributed by atoms with Gasteiger partial charge in [0, 0.05) is 36.1 Å². The normalized spacial score (nSPS) is 19.7. The summed E-state index contributed by atoms with van der Waals surface area (Å²) >= 11 is 0. The van der Waals surface area contributed by atoms with Crippen LogP contribution in [0.25, 0.3) is 10.9 Å². The van der Waals surface area contributed by atoms with E-state index >= 15 is 0 Å². The summed E-state index contributed by atoms with van der Waals surface area (Å²) in [7, 11) is 0. The van der Waals surface area contributed by atoms with Crippen LogP contribution in [0, 0.1) is 0 Å². The molecular weight excluding hydrogens is 328 g/mol. The number of nitrogens with one attached hydrogen (secondary N) is 1. The van der Waals surface area contributed by atoms with Crippen LogP contribution in [0.1, 0.15) is 49.7 Å². The topological polar surface area (TPSA) is 67.2 Å². The van der Waals surface area contributed by atoms with E-state index < -0.39 is 0 Å². The fourth-order valence-corrected chi connectivity index (χ4v) is 3.88. The van der Waals surface area contributed by atoms with Crippen molar-refractivity contribution in [3.8, 4) is 5.75 Å². The van der Waals surface area contributed by atoms with E-state index in [2.05, 4.69) is 38.2 Å². The minimum Gasteiger partial charge on any atom is -0.490 e. The maximum absolute atomic E-state index is 6.29. The van der Waals surface area contributed by atoms with E-state index in [1.165, 1.54) is 19.3 Å². The Morgan fingerprint density at radius 3 is 2.85 bits per heavy atom. The molecule has 0 bridgehead atoms. The Morgan fingerprint density at radius 1 is 1.15 bits per heavy atom. The number of H-pyrrole nitrogens is 1. The summed E-state index contributed by atoms with van der Waals surface area (Å²) in [6.45, 7) is 2.78. The molecule has 1 aromatic carbocycles. The maximum Gasteiger partial charge on any atom is 0.229 e. The summed E-state index contributed by atoms with van der Waals surface area (Å²) in [5.74, 6) is 3.14. The van der Waals surface area contributed by atoms with Gasteiger partial charge in [0.05, 0.1) is 6.54 Å². The summed E-state index contributed by atoms with van der Waals surface area (Å²) in [5.41, 5.74) is 1.12. The summed E-state index contributed by atoms with van der Waals surface area (Å²) < 4.78 is 11.7. The average Bonchev–Trinajstić information content (AvgIpc) is 3.25. The van der Waals surface area contributed by atoms with Crippen LogP contribution in [0.4, 0.5) is 0 Å². The van der Waals surface area contributed by atoms with Crippen LogP contribution in [-0.4, -0.2) is 39.2 Å². The lowest BCUT2D eigenvalue weighted by Gasteiger charge is -2.31. The second kappa shape index (κ2) is 6.76. The SMILES string of the molecule is c1cc(OC2CCN(Cc3noc(C4CCC4)n3)CC2)c2cc[nH]c2c1. The predicted octanol–water partition coefficient (Wildman–Crippen LogP) is 3.86. The van der Waals surface area contributed by atoms with Crippen molar-refractivity contribution in [3.63, 3.8) is 0 Å². The third-order valence-corrected chi connectivity index (χ3v) is 5.69. The van der Waals surface area contributed by atoms with Crippen molar-refractivity contribution in [1.29, 1.82) is 0 Å². The van der Waals surface area contributed by atoms with E-state index in [0.29, 0.717) is 5.92 Å². The number of aromatic nitrogens is 3. The lowest BCUT2D eigenvalue weighted by atomic mass is 9.85. The van der Waals surface area contributed by atoms with Crippen molar-refractivity contribution >= 4 is 10.9 Å². The molecule has 26 heavy (non-hydrogen) atoms. The first kappa shape index (κ1) is 15.9. The molecule has 3 heterocycles. The minimum atomic E-state index is 0.266. The zero-order valence-electron chi connectivity index (χ0n) is 14.9. The first-order chi connectivity index (χ1) is 12.8. The molecule has 1 aliphatic heterocycles. The van der Waals surface area contributed by atoms with Crippen molar-refractivity contribution in [3.05, 3.63) is 42.2 Å². The third kappa shape index (κ3) is 3.09. The van der Waals surface area contributed by atoms with E-state index in [1.54, 1.807) is 0 Å². The van der Waals surface area contributed by atoms with E-state index in [1.807, 2.05) is 12.3 Å². The van der Waals surface area contributed by atoms with Gasteiger partial charge in [0.2, 0.25) is 5.89 Å². The minimum absolute atomic E-state index is 0.266. The van der Waals surface area contributed by atoms with Gasteiger partial charge in [0.15, 0.2) is 5.82 Å². The van der Waals surface area contributed by atoms with Crippen LogP contribution in [-0.2, 0) is 6.54 Å². The number of ether oxygens (including phenoxy) is 1. The van der Waals surface area contributed by atoms with E-state index in [0.717, 1.165) is 60.8 Å². The summed E-state index contributed by atoms with van der Waals surface area (Å²) in [4.78, 5) is 10.2. The summed E-state index contributed by atoms with van der Waals surface area (Å²) in [6.07, 6.45) is 7.94. The van der Waals surface area contributed by atoms with Gasteiger partial charge in [-0.25, -0.2) is 0 Å². The quantitative estimate of drug-likeness (QED) is 0.755. The second-order valence-electron chi connectivity index (χ2n) is 7.47. The molecule has 2 fully saturated rings. The van der Waals surface area contributed by atoms with Gasteiger partial charge >= 0.3 is 0 Å².